The lowest BCUT2D eigenvalue weighted by molar-refractivity contribution is -0.118. The van der Waals surface area contributed by atoms with Crippen molar-refractivity contribution in [3.63, 3.8) is 0 Å². The van der Waals surface area contributed by atoms with E-state index in [4.69, 9.17) is 37.8 Å². The first-order chi connectivity index (χ1) is 17.8. The van der Waals surface area contributed by atoms with Gasteiger partial charge in [0, 0.05) is 54.6 Å². The van der Waals surface area contributed by atoms with Gasteiger partial charge in [0.2, 0.25) is 5.91 Å². The average Bonchev–Trinajstić information content (AvgIpc) is 3.45. The van der Waals surface area contributed by atoms with Crippen molar-refractivity contribution in [2.75, 3.05) is 36.0 Å². The highest BCUT2D eigenvalue weighted by Gasteiger charge is 2.47. The number of rotatable bonds is 7. The summed E-state index contributed by atoms with van der Waals surface area (Å²) in [6.45, 7) is 4.89. The third kappa shape index (κ3) is 5.24. The fraction of sp³-hybridized carbons (Fsp3) is 0.600. The van der Waals surface area contributed by atoms with E-state index in [-0.39, 0.29) is 42.5 Å². The molecule has 3 atom stereocenters. The Hall–Kier alpha value is -2.18. The Balaban J connectivity index is 1.31. The van der Waals surface area contributed by atoms with Gasteiger partial charge in [-0.3, -0.25) is 4.79 Å². The van der Waals surface area contributed by atoms with Gasteiger partial charge in [-0.05, 0) is 38.7 Å². The molecule has 5 rings (SSSR count). The van der Waals surface area contributed by atoms with Crippen LogP contribution in [0.4, 0.5) is 11.6 Å². The van der Waals surface area contributed by atoms with Gasteiger partial charge in [-0.1, -0.05) is 23.4 Å². The summed E-state index contributed by atoms with van der Waals surface area (Å²) in [4.78, 5) is 30.4. The first-order valence-corrected chi connectivity index (χ1v) is 14.0. The van der Waals surface area contributed by atoms with Crippen LogP contribution in [0.25, 0.3) is 0 Å². The molecule has 1 spiro atoms. The van der Waals surface area contributed by atoms with Gasteiger partial charge in [-0.15, -0.1) is 0 Å². The third-order valence-corrected chi connectivity index (χ3v) is 9.44. The molecule has 10 nitrogen and oxygen atoms in total. The maximum atomic E-state index is 11.5. The van der Waals surface area contributed by atoms with Gasteiger partial charge in [0.1, 0.15) is 16.5 Å². The Morgan fingerprint density at radius 2 is 2.08 bits per heavy atom. The number of aliphatic hydroxyl groups is 1. The number of carbonyl (C=O) groups is 1. The zero-order valence-electron chi connectivity index (χ0n) is 21.0. The highest BCUT2D eigenvalue weighted by molar-refractivity contribution is 7.99. The topological polar surface area (TPSA) is 144 Å². The number of hydrogen-bond acceptors (Lipinski definition) is 10. The molecule has 3 fully saturated rings. The predicted octanol–water partition coefficient (Wildman–Crippen LogP) is 2.35. The van der Waals surface area contributed by atoms with Crippen LogP contribution in [-0.4, -0.2) is 70.4 Å². The molecular formula is C25H34ClN7O3S. The van der Waals surface area contributed by atoms with Gasteiger partial charge in [-0.25, -0.2) is 15.0 Å². The van der Waals surface area contributed by atoms with Gasteiger partial charge in [0.15, 0.2) is 5.82 Å². The van der Waals surface area contributed by atoms with Gasteiger partial charge in [0.05, 0.1) is 30.5 Å². The van der Waals surface area contributed by atoms with Crippen LogP contribution in [0.15, 0.2) is 28.4 Å². The smallest absolute Gasteiger partial charge is 0.219 e. The Labute approximate surface area is 226 Å². The van der Waals surface area contributed by atoms with E-state index in [0.29, 0.717) is 34.0 Å². The lowest BCUT2D eigenvalue weighted by atomic mass is 9.73. The minimum atomic E-state index is -0.330. The summed E-state index contributed by atoms with van der Waals surface area (Å²) in [5, 5.41) is 11.2. The Bertz CT molecular complexity index is 1150. The minimum absolute atomic E-state index is 0.0000510. The molecule has 3 aliphatic rings. The number of nitrogens with zero attached hydrogens (tertiary/aromatic N) is 5. The molecule has 200 valence electrons. The fourth-order valence-corrected chi connectivity index (χ4v) is 6.96. The number of ether oxygens (including phenoxy) is 1. The number of amides is 1. The van der Waals surface area contributed by atoms with Crippen molar-refractivity contribution in [2.45, 2.75) is 73.7 Å². The van der Waals surface area contributed by atoms with Crippen LogP contribution in [0, 0.1) is 5.41 Å². The van der Waals surface area contributed by atoms with Crippen LogP contribution in [0.1, 0.15) is 44.7 Å². The summed E-state index contributed by atoms with van der Waals surface area (Å²) in [6.07, 6.45) is 7.45. The highest BCUT2D eigenvalue weighted by atomic mass is 35.5. The molecule has 1 unspecified atom stereocenters. The number of hydrogen-bond donors (Lipinski definition) is 3. The molecule has 3 saturated heterocycles. The van der Waals surface area contributed by atoms with Crippen molar-refractivity contribution in [1.82, 2.24) is 15.0 Å². The molecule has 5 N–H and O–H groups in total. The molecular weight excluding hydrogens is 514 g/mol. The van der Waals surface area contributed by atoms with E-state index in [1.54, 1.807) is 12.4 Å². The molecule has 1 amide bonds. The Kier molecular flexibility index (Phi) is 7.78. The van der Waals surface area contributed by atoms with E-state index in [2.05, 4.69) is 14.8 Å². The maximum absolute atomic E-state index is 11.5. The van der Waals surface area contributed by atoms with E-state index in [0.717, 1.165) is 50.2 Å². The van der Waals surface area contributed by atoms with E-state index in [9.17, 15) is 9.90 Å². The largest absolute Gasteiger partial charge is 0.390 e. The van der Waals surface area contributed by atoms with Gasteiger partial charge >= 0.3 is 0 Å². The van der Waals surface area contributed by atoms with E-state index >= 15 is 0 Å². The number of anilines is 2. The van der Waals surface area contributed by atoms with Gasteiger partial charge in [0.25, 0.3) is 0 Å². The lowest BCUT2D eigenvalue weighted by Gasteiger charge is -2.41. The summed E-state index contributed by atoms with van der Waals surface area (Å²) in [6, 6.07) is 1.88. The summed E-state index contributed by atoms with van der Waals surface area (Å²) in [5.41, 5.74) is 12.5. The van der Waals surface area contributed by atoms with Gasteiger partial charge in [-0.2, -0.15) is 0 Å². The number of nitrogens with two attached hydrogens (primary N) is 2. The lowest BCUT2D eigenvalue weighted by Crippen LogP contribution is -2.51. The van der Waals surface area contributed by atoms with Crippen LogP contribution >= 0.6 is 23.4 Å². The molecule has 0 bridgehead atoms. The van der Waals surface area contributed by atoms with E-state index < -0.39 is 0 Å². The van der Waals surface area contributed by atoms with Crippen molar-refractivity contribution in [3.8, 4) is 0 Å². The summed E-state index contributed by atoms with van der Waals surface area (Å²) in [7, 11) is 0. The minimum Gasteiger partial charge on any atom is -0.390 e. The fourth-order valence-electron chi connectivity index (χ4n) is 5.83. The molecule has 2 aromatic rings. The molecule has 0 aliphatic carbocycles. The van der Waals surface area contributed by atoms with Crippen molar-refractivity contribution in [3.05, 3.63) is 29.2 Å². The van der Waals surface area contributed by atoms with Crippen LogP contribution in [0.2, 0.25) is 5.02 Å². The number of aromatic nitrogens is 3. The van der Waals surface area contributed by atoms with Crippen molar-refractivity contribution < 1.29 is 14.6 Å². The maximum Gasteiger partial charge on any atom is 0.219 e. The molecule has 2 aromatic heterocycles. The van der Waals surface area contributed by atoms with Crippen LogP contribution < -0.4 is 21.3 Å². The van der Waals surface area contributed by atoms with Crippen LogP contribution in [0.5, 0.6) is 0 Å². The first-order valence-electron chi connectivity index (χ1n) is 12.8. The zero-order valence-corrected chi connectivity index (χ0v) is 22.5. The molecule has 5 heterocycles. The molecule has 0 radical (unpaired) electrons. The number of piperidine rings is 1. The number of primary amides is 1. The first kappa shape index (κ1) is 26.4. The Morgan fingerprint density at radius 3 is 2.76 bits per heavy atom. The predicted molar refractivity (Wildman–Crippen MR) is 143 cm³/mol. The standard InChI is InChI=1S/C25H34ClN7O3S/c1-15-22(28)25(14-36-15)5-9-32(10-6-25)23-17(13-34)31-20(12-30-23)37-18-4-7-29-24(21(18)26)33-8-2-3-16(33)11-19(27)35/h4,7,12,15-16,22,34H,2-3,5-6,8-11,13-14,28H2,1H3,(H2,27,35)/t15-,16?,22+/m0/s1. The number of aliphatic hydroxyl groups excluding tert-OH is 1. The number of halogens is 1. The Morgan fingerprint density at radius 1 is 1.30 bits per heavy atom. The molecule has 0 aromatic carbocycles. The normalized spacial score (nSPS) is 25.2. The van der Waals surface area contributed by atoms with E-state index in [1.807, 2.05) is 13.0 Å². The van der Waals surface area contributed by atoms with Crippen molar-refractivity contribution in [2.24, 2.45) is 16.9 Å². The molecule has 37 heavy (non-hydrogen) atoms. The van der Waals surface area contributed by atoms with E-state index in [1.165, 1.54) is 11.8 Å². The quantitative estimate of drug-likeness (QED) is 0.472. The third-order valence-electron chi connectivity index (χ3n) is 7.99. The van der Waals surface area contributed by atoms with Crippen molar-refractivity contribution >= 4 is 40.9 Å². The second kappa shape index (κ2) is 10.9. The number of carbonyl (C=O) groups excluding carboxylic acids is 1. The monoisotopic (exact) mass is 547 g/mol. The average molecular weight is 548 g/mol. The zero-order chi connectivity index (χ0) is 26.2. The molecule has 0 saturated carbocycles. The van der Waals surface area contributed by atoms with Crippen molar-refractivity contribution in [1.29, 1.82) is 0 Å². The molecule has 12 heteroatoms. The second-order valence-electron chi connectivity index (χ2n) is 10.2. The SMILES string of the molecule is C[C@@H]1OCC2(CCN(c3ncc(Sc4ccnc(N5CCCC5CC(N)=O)c4Cl)nc3CO)CC2)[C@@H]1N. The number of pyridine rings is 1. The molecule has 3 aliphatic heterocycles. The summed E-state index contributed by atoms with van der Waals surface area (Å²) < 4.78 is 5.84. The second-order valence-corrected chi connectivity index (χ2v) is 11.7. The summed E-state index contributed by atoms with van der Waals surface area (Å²) >= 11 is 8.16. The highest BCUT2D eigenvalue weighted by Crippen LogP contribution is 2.43. The van der Waals surface area contributed by atoms with Gasteiger partial charge < -0.3 is 31.1 Å². The van der Waals surface area contributed by atoms with Crippen LogP contribution in [0.3, 0.4) is 0 Å². The van der Waals surface area contributed by atoms with Crippen LogP contribution in [-0.2, 0) is 16.1 Å². The summed E-state index contributed by atoms with van der Waals surface area (Å²) in [5.74, 6) is 1.02.